The van der Waals surface area contributed by atoms with Gasteiger partial charge in [0.15, 0.2) is 0 Å². The first-order chi connectivity index (χ1) is 25.3. The average molecular weight is 652 g/mol. The Balaban J connectivity index is 1.11. The molecule has 0 atom stereocenters. The van der Waals surface area contributed by atoms with Crippen molar-refractivity contribution in [2.45, 2.75) is 0 Å². The largest absolute Gasteiger partial charge is 0.456 e. The van der Waals surface area contributed by atoms with Crippen LogP contribution >= 0.6 is 0 Å². The molecule has 3 nitrogen and oxygen atoms in total. The molecule has 0 unspecified atom stereocenters. The summed E-state index contributed by atoms with van der Waals surface area (Å²) in [7, 11) is 0. The molecule has 0 spiro atoms. The molecular weight excluding hydrogens is 623 g/mol. The lowest BCUT2D eigenvalue weighted by Gasteiger charge is -2.26. The lowest BCUT2D eigenvalue weighted by atomic mass is 9.90. The van der Waals surface area contributed by atoms with Crippen molar-refractivity contribution in [3.8, 4) is 11.1 Å². The molecule has 0 amide bonds. The fraction of sp³-hybridized carbons (Fsp3) is 0. The van der Waals surface area contributed by atoms with E-state index >= 15 is 0 Å². The van der Waals surface area contributed by atoms with Crippen LogP contribution in [0.4, 0.5) is 17.1 Å². The molecule has 2 heterocycles. The second-order valence-electron chi connectivity index (χ2n) is 13.3. The van der Waals surface area contributed by atoms with E-state index in [1.165, 1.54) is 43.4 Å². The maximum absolute atomic E-state index is 6.37. The first-order valence-electron chi connectivity index (χ1n) is 17.3. The minimum atomic E-state index is 0.861. The van der Waals surface area contributed by atoms with Crippen LogP contribution < -0.4 is 4.90 Å². The Morgan fingerprint density at radius 2 is 0.843 bits per heavy atom. The van der Waals surface area contributed by atoms with Crippen molar-refractivity contribution in [1.29, 1.82) is 0 Å². The number of para-hydroxylation sites is 2. The number of anilines is 3. The predicted octanol–water partition coefficient (Wildman–Crippen LogP) is 14.1. The van der Waals surface area contributed by atoms with Crippen LogP contribution in [0.5, 0.6) is 0 Å². The molecule has 11 aromatic rings. The molecule has 0 saturated heterocycles. The third kappa shape index (κ3) is 4.32. The summed E-state index contributed by atoms with van der Waals surface area (Å²) in [6, 6.07) is 62.7. The lowest BCUT2D eigenvalue weighted by Crippen LogP contribution is -2.09. The number of nitrogens with zero attached hydrogens (tertiary/aromatic N) is 1. The first kappa shape index (κ1) is 28.0. The summed E-state index contributed by atoms with van der Waals surface area (Å²) >= 11 is 0. The number of fused-ring (bicyclic) bond motifs is 11. The van der Waals surface area contributed by atoms with Gasteiger partial charge in [-0.25, -0.2) is 0 Å². The second-order valence-corrected chi connectivity index (χ2v) is 13.3. The molecule has 0 bridgehead atoms. The maximum Gasteiger partial charge on any atom is 0.137 e. The smallest absolute Gasteiger partial charge is 0.137 e. The highest BCUT2D eigenvalue weighted by atomic mass is 16.3. The van der Waals surface area contributed by atoms with E-state index in [0.29, 0.717) is 0 Å². The number of hydrogen-bond donors (Lipinski definition) is 0. The van der Waals surface area contributed by atoms with E-state index in [-0.39, 0.29) is 0 Å². The van der Waals surface area contributed by atoms with Crippen LogP contribution in [0.3, 0.4) is 0 Å². The predicted molar refractivity (Wildman–Crippen MR) is 214 cm³/mol. The quantitative estimate of drug-likeness (QED) is 0.177. The van der Waals surface area contributed by atoms with Gasteiger partial charge in [0.1, 0.15) is 22.3 Å². The first-order valence-corrected chi connectivity index (χ1v) is 17.3. The number of hydrogen-bond acceptors (Lipinski definition) is 3. The zero-order chi connectivity index (χ0) is 33.5. The molecule has 0 saturated carbocycles. The van der Waals surface area contributed by atoms with Gasteiger partial charge in [0, 0.05) is 44.7 Å². The summed E-state index contributed by atoms with van der Waals surface area (Å²) in [5.74, 6) is 0. The van der Waals surface area contributed by atoms with Crippen LogP contribution in [0.25, 0.3) is 87.3 Å². The van der Waals surface area contributed by atoms with Crippen molar-refractivity contribution in [1.82, 2.24) is 0 Å². The van der Waals surface area contributed by atoms with Gasteiger partial charge < -0.3 is 13.7 Å². The second kappa shape index (κ2) is 10.8. The summed E-state index contributed by atoms with van der Waals surface area (Å²) in [4.78, 5) is 2.31. The van der Waals surface area contributed by atoms with E-state index in [2.05, 4.69) is 157 Å². The Morgan fingerprint density at radius 3 is 1.63 bits per heavy atom. The molecular formula is C48H29NO2. The topological polar surface area (TPSA) is 29.5 Å². The Bertz CT molecular complexity index is 3130. The zero-order valence-corrected chi connectivity index (χ0v) is 27.5. The standard InChI is InChI=1S/C48H29NO2/c1-3-11-36-30(9-1)19-24-41-42(27-32-10-2-4-12-37(32)48(36)41)31-17-20-33(21-18-31)49(34-23-26-46-43(28-34)39-14-6-8-16-45(39)50-46)35-22-25-40-38-13-5-7-15-44(38)51-47(40)29-35/h1-29H. The number of rotatable bonds is 4. The van der Waals surface area contributed by atoms with Crippen LogP contribution in [0.15, 0.2) is 185 Å². The third-order valence-corrected chi connectivity index (χ3v) is 10.4. The van der Waals surface area contributed by atoms with E-state index in [1.807, 2.05) is 24.3 Å². The van der Waals surface area contributed by atoms with Gasteiger partial charge >= 0.3 is 0 Å². The molecule has 3 heteroatoms. The van der Waals surface area contributed by atoms with Gasteiger partial charge in [-0.2, -0.15) is 0 Å². The highest BCUT2D eigenvalue weighted by Crippen LogP contribution is 2.43. The molecule has 0 fully saturated rings. The van der Waals surface area contributed by atoms with Crippen LogP contribution in [-0.4, -0.2) is 0 Å². The monoisotopic (exact) mass is 651 g/mol. The molecule has 0 aliphatic carbocycles. The highest BCUT2D eigenvalue weighted by Gasteiger charge is 2.18. The molecule has 0 aliphatic rings. The van der Waals surface area contributed by atoms with E-state index in [0.717, 1.165) is 60.9 Å². The van der Waals surface area contributed by atoms with Crippen LogP contribution in [0.2, 0.25) is 0 Å². The van der Waals surface area contributed by atoms with Crippen molar-refractivity contribution >= 4 is 93.3 Å². The SMILES string of the molecule is c1ccc2c(c1)ccc1c(-c3ccc(N(c4ccc5c(c4)oc4ccccc45)c4ccc5oc6ccccc6c5c4)cc3)cc3ccccc3c12. The summed E-state index contributed by atoms with van der Waals surface area (Å²) in [6.07, 6.45) is 0. The molecule has 51 heavy (non-hydrogen) atoms. The highest BCUT2D eigenvalue weighted by molar-refractivity contribution is 6.24. The fourth-order valence-electron chi connectivity index (χ4n) is 8.05. The number of benzene rings is 9. The Kier molecular flexibility index (Phi) is 5.96. The van der Waals surface area contributed by atoms with Gasteiger partial charge in [-0.1, -0.05) is 109 Å². The van der Waals surface area contributed by atoms with Gasteiger partial charge in [0.05, 0.1) is 0 Å². The summed E-state index contributed by atoms with van der Waals surface area (Å²) in [5.41, 5.74) is 9.03. The van der Waals surface area contributed by atoms with E-state index in [1.54, 1.807) is 0 Å². The summed E-state index contributed by atoms with van der Waals surface area (Å²) in [5, 5.41) is 12.0. The lowest BCUT2D eigenvalue weighted by molar-refractivity contribution is 0.668. The average Bonchev–Trinajstić information content (AvgIpc) is 3.75. The van der Waals surface area contributed by atoms with Gasteiger partial charge in [-0.15, -0.1) is 0 Å². The van der Waals surface area contributed by atoms with E-state index in [9.17, 15) is 0 Å². The molecule has 2 aromatic heterocycles. The van der Waals surface area contributed by atoms with Crippen LogP contribution in [0.1, 0.15) is 0 Å². The van der Waals surface area contributed by atoms with Crippen LogP contribution in [0, 0.1) is 0 Å². The minimum absolute atomic E-state index is 0.861. The van der Waals surface area contributed by atoms with Gasteiger partial charge in [0.2, 0.25) is 0 Å². The molecule has 0 aliphatic heterocycles. The van der Waals surface area contributed by atoms with Crippen LogP contribution in [-0.2, 0) is 0 Å². The van der Waals surface area contributed by atoms with E-state index in [4.69, 9.17) is 8.83 Å². The van der Waals surface area contributed by atoms with Gasteiger partial charge in [-0.3, -0.25) is 0 Å². The summed E-state index contributed by atoms with van der Waals surface area (Å²) in [6.45, 7) is 0. The van der Waals surface area contributed by atoms with E-state index < -0.39 is 0 Å². The Morgan fingerprint density at radius 1 is 0.314 bits per heavy atom. The maximum atomic E-state index is 6.37. The van der Waals surface area contributed by atoms with Crippen molar-refractivity contribution < 1.29 is 8.83 Å². The van der Waals surface area contributed by atoms with Crippen molar-refractivity contribution in [3.05, 3.63) is 176 Å². The molecule has 238 valence electrons. The Hall–Kier alpha value is -6.84. The van der Waals surface area contributed by atoms with Gasteiger partial charge in [0.25, 0.3) is 0 Å². The van der Waals surface area contributed by atoms with Gasteiger partial charge in [-0.05, 0) is 104 Å². The molecule has 0 radical (unpaired) electrons. The van der Waals surface area contributed by atoms with Crippen molar-refractivity contribution in [3.63, 3.8) is 0 Å². The normalized spacial score (nSPS) is 11.9. The summed E-state index contributed by atoms with van der Waals surface area (Å²) < 4.78 is 12.6. The molecule has 0 N–H and O–H groups in total. The fourth-order valence-corrected chi connectivity index (χ4v) is 8.05. The zero-order valence-electron chi connectivity index (χ0n) is 27.5. The number of furan rings is 2. The molecule has 9 aromatic carbocycles. The molecule has 11 rings (SSSR count). The minimum Gasteiger partial charge on any atom is -0.456 e. The Labute approximate surface area is 293 Å². The van der Waals surface area contributed by atoms with Crippen molar-refractivity contribution in [2.24, 2.45) is 0 Å². The van der Waals surface area contributed by atoms with Crippen molar-refractivity contribution in [2.75, 3.05) is 4.90 Å². The third-order valence-electron chi connectivity index (χ3n) is 10.4.